The van der Waals surface area contributed by atoms with Crippen LogP contribution in [0.25, 0.3) is 0 Å². The van der Waals surface area contributed by atoms with Crippen molar-refractivity contribution in [1.82, 2.24) is 10.2 Å². The Labute approximate surface area is 127 Å². The average Bonchev–Trinajstić information content (AvgIpc) is 2.42. The van der Waals surface area contributed by atoms with Crippen LogP contribution in [0.4, 0.5) is 0 Å². The Hall–Kier alpha value is -1.10. The molecule has 2 aliphatic heterocycles. The first-order chi connectivity index (χ1) is 9.91. The monoisotopic (exact) mass is 296 g/mol. The van der Waals surface area contributed by atoms with E-state index in [1.54, 1.807) is 0 Å². The second kappa shape index (κ2) is 6.77. The predicted octanol–water partition coefficient (Wildman–Crippen LogP) is 1.56. The van der Waals surface area contributed by atoms with Crippen molar-refractivity contribution in [2.45, 2.75) is 65.1 Å². The van der Waals surface area contributed by atoms with Gasteiger partial charge >= 0.3 is 0 Å². The standard InChI is InChI=1S/C16H28N2O3/c1-10(2)9-13-16(20)18(12-5-7-21-8-6-12)14(11(3)4)15(19)17-13/h10-14H,5-9H2,1-4H3,(H,17,19). The Morgan fingerprint density at radius 3 is 2.33 bits per heavy atom. The maximum absolute atomic E-state index is 12.9. The van der Waals surface area contributed by atoms with E-state index in [1.165, 1.54) is 0 Å². The number of piperazine rings is 1. The van der Waals surface area contributed by atoms with E-state index in [4.69, 9.17) is 4.74 Å². The Balaban J connectivity index is 2.23. The van der Waals surface area contributed by atoms with Crippen molar-refractivity contribution >= 4 is 11.8 Å². The van der Waals surface area contributed by atoms with Crippen LogP contribution in [0.3, 0.4) is 0 Å². The summed E-state index contributed by atoms with van der Waals surface area (Å²) < 4.78 is 5.40. The second-order valence-electron chi connectivity index (χ2n) is 6.97. The molecule has 120 valence electrons. The van der Waals surface area contributed by atoms with Crippen molar-refractivity contribution in [2.75, 3.05) is 13.2 Å². The molecule has 2 atom stereocenters. The van der Waals surface area contributed by atoms with Crippen molar-refractivity contribution < 1.29 is 14.3 Å². The van der Waals surface area contributed by atoms with Crippen LogP contribution in [0.2, 0.25) is 0 Å². The molecule has 2 rings (SSSR count). The van der Waals surface area contributed by atoms with Crippen LogP contribution in [0.1, 0.15) is 47.0 Å². The van der Waals surface area contributed by atoms with Crippen LogP contribution < -0.4 is 5.32 Å². The van der Waals surface area contributed by atoms with Gasteiger partial charge in [0.2, 0.25) is 11.8 Å². The van der Waals surface area contributed by atoms with Crippen LogP contribution in [0.15, 0.2) is 0 Å². The molecule has 0 aromatic rings. The van der Waals surface area contributed by atoms with Gasteiger partial charge in [0.1, 0.15) is 12.1 Å². The summed E-state index contributed by atoms with van der Waals surface area (Å²) >= 11 is 0. The lowest BCUT2D eigenvalue weighted by atomic mass is 9.90. The number of hydrogen-bond donors (Lipinski definition) is 1. The molecule has 0 aromatic heterocycles. The van der Waals surface area contributed by atoms with E-state index < -0.39 is 0 Å². The Morgan fingerprint density at radius 1 is 1.19 bits per heavy atom. The van der Waals surface area contributed by atoms with Gasteiger partial charge in [0.25, 0.3) is 0 Å². The quantitative estimate of drug-likeness (QED) is 0.856. The van der Waals surface area contributed by atoms with E-state index >= 15 is 0 Å². The molecule has 0 aliphatic carbocycles. The summed E-state index contributed by atoms with van der Waals surface area (Å²) in [7, 11) is 0. The number of carbonyl (C=O) groups excluding carboxylic acids is 2. The van der Waals surface area contributed by atoms with Crippen LogP contribution in [-0.2, 0) is 14.3 Å². The van der Waals surface area contributed by atoms with Crippen molar-refractivity contribution in [1.29, 1.82) is 0 Å². The molecule has 2 amide bonds. The first-order valence-electron chi connectivity index (χ1n) is 8.12. The highest BCUT2D eigenvalue weighted by Crippen LogP contribution is 2.26. The van der Waals surface area contributed by atoms with Crippen molar-refractivity contribution in [3.05, 3.63) is 0 Å². The molecule has 0 bridgehead atoms. The second-order valence-corrected chi connectivity index (χ2v) is 6.97. The fourth-order valence-electron chi connectivity index (χ4n) is 3.39. The molecule has 2 fully saturated rings. The summed E-state index contributed by atoms with van der Waals surface area (Å²) in [6.45, 7) is 9.52. The van der Waals surface area contributed by atoms with Gasteiger partial charge < -0.3 is 15.0 Å². The van der Waals surface area contributed by atoms with Crippen LogP contribution in [0, 0.1) is 11.8 Å². The van der Waals surface area contributed by atoms with Crippen LogP contribution in [-0.4, -0.2) is 48.1 Å². The third-order valence-electron chi connectivity index (χ3n) is 4.36. The zero-order chi connectivity index (χ0) is 15.6. The molecular weight excluding hydrogens is 268 g/mol. The largest absolute Gasteiger partial charge is 0.381 e. The molecule has 2 unspecified atom stereocenters. The van der Waals surface area contributed by atoms with Gasteiger partial charge in [0.15, 0.2) is 0 Å². The molecule has 2 saturated heterocycles. The highest BCUT2D eigenvalue weighted by Gasteiger charge is 2.45. The maximum Gasteiger partial charge on any atom is 0.246 e. The van der Waals surface area contributed by atoms with Gasteiger partial charge in [-0.25, -0.2) is 0 Å². The molecule has 2 aliphatic rings. The van der Waals surface area contributed by atoms with Gasteiger partial charge in [0, 0.05) is 19.3 Å². The average molecular weight is 296 g/mol. The van der Waals surface area contributed by atoms with Gasteiger partial charge in [-0.2, -0.15) is 0 Å². The van der Waals surface area contributed by atoms with Crippen molar-refractivity contribution in [2.24, 2.45) is 11.8 Å². The molecular formula is C16H28N2O3. The minimum absolute atomic E-state index is 0.00161. The number of nitrogens with one attached hydrogen (secondary N) is 1. The van der Waals surface area contributed by atoms with Gasteiger partial charge in [-0.05, 0) is 31.1 Å². The Kier molecular flexibility index (Phi) is 5.25. The molecule has 0 saturated carbocycles. The summed E-state index contributed by atoms with van der Waals surface area (Å²) in [6.07, 6.45) is 2.36. The Bertz CT molecular complexity index is 389. The van der Waals surface area contributed by atoms with E-state index in [0.717, 1.165) is 12.8 Å². The van der Waals surface area contributed by atoms with E-state index in [2.05, 4.69) is 19.2 Å². The third-order valence-corrected chi connectivity index (χ3v) is 4.36. The highest BCUT2D eigenvalue weighted by atomic mass is 16.5. The predicted molar refractivity (Wildman–Crippen MR) is 80.7 cm³/mol. The molecule has 0 radical (unpaired) electrons. The number of ether oxygens (including phenoxy) is 1. The van der Waals surface area contributed by atoms with Crippen molar-refractivity contribution in [3.8, 4) is 0 Å². The first kappa shape index (κ1) is 16.3. The van der Waals surface area contributed by atoms with E-state index in [1.807, 2.05) is 18.7 Å². The van der Waals surface area contributed by atoms with Gasteiger partial charge in [-0.3, -0.25) is 9.59 Å². The summed E-state index contributed by atoms with van der Waals surface area (Å²) in [6, 6.07) is -0.571. The number of rotatable bonds is 4. The summed E-state index contributed by atoms with van der Waals surface area (Å²) in [5.41, 5.74) is 0. The van der Waals surface area contributed by atoms with Crippen LogP contribution >= 0.6 is 0 Å². The maximum atomic E-state index is 12.9. The Morgan fingerprint density at radius 2 is 1.81 bits per heavy atom. The zero-order valence-corrected chi connectivity index (χ0v) is 13.6. The van der Waals surface area contributed by atoms with Gasteiger partial charge in [-0.15, -0.1) is 0 Å². The lowest BCUT2D eigenvalue weighted by Gasteiger charge is -2.46. The van der Waals surface area contributed by atoms with Gasteiger partial charge in [-0.1, -0.05) is 27.7 Å². The minimum atomic E-state index is -0.365. The normalized spacial score (nSPS) is 28.4. The molecule has 1 N–H and O–H groups in total. The third kappa shape index (κ3) is 3.57. The van der Waals surface area contributed by atoms with Crippen molar-refractivity contribution in [3.63, 3.8) is 0 Å². The van der Waals surface area contributed by atoms with E-state index in [-0.39, 0.29) is 35.9 Å². The SMILES string of the molecule is CC(C)CC1NC(=O)C(C(C)C)N(C2CCOCC2)C1=O. The number of nitrogens with zero attached hydrogens (tertiary/aromatic N) is 1. The molecule has 2 heterocycles. The lowest BCUT2D eigenvalue weighted by Crippen LogP contribution is -2.67. The smallest absolute Gasteiger partial charge is 0.246 e. The van der Waals surface area contributed by atoms with Gasteiger partial charge in [0.05, 0.1) is 0 Å². The van der Waals surface area contributed by atoms with Crippen LogP contribution in [0.5, 0.6) is 0 Å². The number of carbonyl (C=O) groups is 2. The summed E-state index contributed by atoms with van der Waals surface area (Å²) in [5.74, 6) is 0.596. The molecule has 0 aromatic carbocycles. The summed E-state index contributed by atoms with van der Waals surface area (Å²) in [5, 5.41) is 2.94. The summed E-state index contributed by atoms with van der Waals surface area (Å²) in [4.78, 5) is 27.3. The topological polar surface area (TPSA) is 58.6 Å². The number of hydrogen-bond acceptors (Lipinski definition) is 3. The molecule has 21 heavy (non-hydrogen) atoms. The molecule has 0 spiro atoms. The zero-order valence-electron chi connectivity index (χ0n) is 13.6. The minimum Gasteiger partial charge on any atom is -0.381 e. The van der Waals surface area contributed by atoms with E-state index in [0.29, 0.717) is 25.6 Å². The highest BCUT2D eigenvalue weighted by molar-refractivity contribution is 5.97. The molecule has 5 heteroatoms. The lowest BCUT2D eigenvalue weighted by molar-refractivity contribution is -0.156. The fourth-order valence-corrected chi connectivity index (χ4v) is 3.39. The fraction of sp³-hybridized carbons (Fsp3) is 0.875. The van der Waals surface area contributed by atoms with E-state index in [9.17, 15) is 9.59 Å². The first-order valence-corrected chi connectivity index (χ1v) is 8.12. The number of amides is 2. The molecule has 5 nitrogen and oxygen atoms in total.